The third-order valence-corrected chi connectivity index (χ3v) is 6.16. The number of benzene rings is 1. The van der Waals surface area contributed by atoms with Gasteiger partial charge in [-0.2, -0.15) is 4.98 Å². The summed E-state index contributed by atoms with van der Waals surface area (Å²) in [4.78, 5) is 25.5. The Bertz CT molecular complexity index is 1390. The minimum absolute atomic E-state index is 0.542. The molecule has 1 saturated heterocycles. The van der Waals surface area contributed by atoms with Gasteiger partial charge >= 0.3 is 0 Å². The largest absolute Gasteiger partial charge is 0.354 e. The number of H-pyrrole nitrogens is 1. The number of allylic oxidation sites excluding steroid dienone is 3. The minimum Gasteiger partial charge on any atom is -0.354 e. The lowest BCUT2D eigenvalue weighted by Crippen LogP contribution is -2.43. The minimum atomic E-state index is 0.542. The second-order valence-electron chi connectivity index (χ2n) is 8.54. The molecule has 172 valence electrons. The molecule has 1 aromatic carbocycles. The molecule has 1 fully saturated rings. The van der Waals surface area contributed by atoms with Crippen LogP contribution in [0.5, 0.6) is 0 Å². The number of hydrogen-bond acceptors (Lipinski definition) is 7. The van der Waals surface area contributed by atoms with Gasteiger partial charge in [-0.1, -0.05) is 12.1 Å². The summed E-state index contributed by atoms with van der Waals surface area (Å²) in [7, 11) is 2.14. The number of aromatic nitrogens is 4. The second-order valence-corrected chi connectivity index (χ2v) is 8.54. The molecule has 0 amide bonds. The molecule has 2 N–H and O–H groups in total. The van der Waals surface area contributed by atoms with Gasteiger partial charge in [0.1, 0.15) is 11.5 Å². The first-order chi connectivity index (χ1) is 16.6. The lowest BCUT2D eigenvalue weighted by molar-refractivity contribution is 0.185. The highest BCUT2D eigenvalue weighted by molar-refractivity contribution is 5.96. The number of pyridine rings is 1. The van der Waals surface area contributed by atoms with Gasteiger partial charge in [-0.3, -0.25) is 4.98 Å². The van der Waals surface area contributed by atoms with Crippen LogP contribution in [0.15, 0.2) is 77.7 Å². The van der Waals surface area contributed by atoms with Crippen molar-refractivity contribution in [2.24, 2.45) is 4.99 Å². The number of fused-ring (bicyclic) bond motifs is 2. The van der Waals surface area contributed by atoms with Gasteiger partial charge in [0.2, 0.25) is 5.95 Å². The van der Waals surface area contributed by atoms with Gasteiger partial charge in [-0.05, 0) is 55.9 Å². The summed E-state index contributed by atoms with van der Waals surface area (Å²) in [5.41, 5.74) is 3.90. The fourth-order valence-corrected chi connectivity index (χ4v) is 4.17. The normalized spacial score (nSPS) is 15.8. The number of rotatable bonds is 6. The SMILES string of the molecule is C=N/C(=C\C=C(/C)Nc1ncc2c(-c3ccc4cnccc4c3)c[nH]c2n1)N1CCN(C)CC1. The fourth-order valence-electron chi connectivity index (χ4n) is 4.17. The summed E-state index contributed by atoms with van der Waals surface area (Å²) >= 11 is 0. The lowest BCUT2D eigenvalue weighted by atomic mass is 10.0. The predicted molar refractivity (Wildman–Crippen MR) is 139 cm³/mol. The molecule has 0 radical (unpaired) electrons. The summed E-state index contributed by atoms with van der Waals surface area (Å²) in [6.07, 6.45) is 11.5. The van der Waals surface area contributed by atoms with Crippen LogP contribution in [0.25, 0.3) is 32.9 Å². The Balaban J connectivity index is 1.34. The Morgan fingerprint density at radius 1 is 1.12 bits per heavy atom. The third kappa shape index (κ3) is 4.53. The van der Waals surface area contributed by atoms with E-state index >= 15 is 0 Å². The Hall–Kier alpha value is -4.04. The van der Waals surface area contributed by atoms with Crippen LogP contribution in [0.2, 0.25) is 0 Å². The lowest BCUT2D eigenvalue weighted by Gasteiger charge is -2.33. The predicted octanol–water partition coefficient (Wildman–Crippen LogP) is 4.28. The highest BCUT2D eigenvalue weighted by atomic mass is 15.3. The summed E-state index contributed by atoms with van der Waals surface area (Å²) in [5.74, 6) is 1.42. The van der Waals surface area contributed by atoms with E-state index in [1.807, 2.05) is 49.9 Å². The number of piperazine rings is 1. The molecule has 0 bridgehead atoms. The molecule has 0 unspecified atom stereocenters. The Morgan fingerprint density at radius 2 is 1.97 bits per heavy atom. The van der Waals surface area contributed by atoms with Crippen LogP contribution in [0.3, 0.4) is 0 Å². The maximum absolute atomic E-state index is 4.67. The zero-order valence-corrected chi connectivity index (χ0v) is 19.5. The van der Waals surface area contributed by atoms with E-state index in [1.54, 1.807) is 0 Å². The summed E-state index contributed by atoms with van der Waals surface area (Å²) in [6.45, 7) is 9.67. The maximum Gasteiger partial charge on any atom is 0.228 e. The first-order valence-corrected chi connectivity index (χ1v) is 11.3. The molecule has 0 aliphatic carbocycles. The number of nitrogens with one attached hydrogen (secondary N) is 2. The van der Waals surface area contributed by atoms with Crippen LogP contribution in [-0.4, -0.2) is 69.7 Å². The Kier molecular flexibility index (Phi) is 6.05. The standard InChI is InChI=1S/C26H28N8/c1-18(4-7-24(27-2)34-12-10-33(3)11-13-34)31-26-30-17-23-22(16-29-25(23)32-26)20-5-6-21-15-28-9-8-19(21)14-20/h4-9,14-17H,2,10-13H2,1,3H3,(H2,29,30,31,32)/b18-4+,24-7+. The molecule has 1 aliphatic rings. The van der Waals surface area contributed by atoms with Crippen LogP contribution in [-0.2, 0) is 0 Å². The van der Waals surface area contributed by atoms with Crippen molar-refractivity contribution in [1.29, 1.82) is 0 Å². The van der Waals surface area contributed by atoms with E-state index in [0.717, 1.165) is 70.6 Å². The number of aliphatic imine (C=N–C) groups is 1. The zero-order valence-electron chi connectivity index (χ0n) is 19.5. The van der Waals surface area contributed by atoms with Crippen LogP contribution >= 0.6 is 0 Å². The molecule has 8 heteroatoms. The van der Waals surface area contributed by atoms with Crippen LogP contribution in [0, 0.1) is 0 Å². The van der Waals surface area contributed by atoms with E-state index in [4.69, 9.17) is 0 Å². The van der Waals surface area contributed by atoms with Crippen molar-refractivity contribution in [3.63, 3.8) is 0 Å². The third-order valence-electron chi connectivity index (χ3n) is 6.16. The van der Waals surface area contributed by atoms with Crippen molar-refractivity contribution in [2.75, 3.05) is 38.5 Å². The average molecular weight is 453 g/mol. The smallest absolute Gasteiger partial charge is 0.228 e. The van der Waals surface area contributed by atoms with Gasteiger partial charge in [-0.15, -0.1) is 0 Å². The highest BCUT2D eigenvalue weighted by Gasteiger charge is 2.15. The van der Waals surface area contributed by atoms with Gasteiger partial charge in [-0.25, -0.2) is 9.98 Å². The van der Waals surface area contributed by atoms with Crippen molar-refractivity contribution in [3.8, 4) is 11.1 Å². The van der Waals surface area contributed by atoms with E-state index in [0.29, 0.717) is 5.95 Å². The zero-order chi connectivity index (χ0) is 23.5. The van der Waals surface area contributed by atoms with Gasteiger partial charge in [0.25, 0.3) is 0 Å². The molecule has 3 aromatic heterocycles. The van der Waals surface area contributed by atoms with Gasteiger partial charge in [0.15, 0.2) is 0 Å². The van der Waals surface area contributed by atoms with E-state index in [-0.39, 0.29) is 0 Å². The molecule has 34 heavy (non-hydrogen) atoms. The molecule has 0 atom stereocenters. The fraction of sp³-hybridized carbons (Fsp3) is 0.231. The van der Waals surface area contributed by atoms with Crippen molar-refractivity contribution < 1.29 is 0 Å². The quantitative estimate of drug-likeness (QED) is 0.336. The van der Waals surface area contributed by atoms with E-state index in [2.05, 4.69) is 72.0 Å². The number of anilines is 1. The Labute approximate surface area is 198 Å². The number of nitrogens with zero attached hydrogens (tertiary/aromatic N) is 6. The summed E-state index contributed by atoms with van der Waals surface area (Å²) in [5, 5.41) is 6.53. The molecule has 0 saturated carbocycles. The number of hydrogen-bond donors (Lipinski definition) is 2. The Morgan fingerprint density at radius 3 is 2.79 bits per heavy atom. The van der Waals surface area contributed by atoms with Gasteiger partial charge in [0, 0.05) is 73.0 Å². The van der Waals surface area contributed by atoms with Crippen LogP contribution in [0.1, 0.15) is 6.92 Å². The average Bonchev–Trinajstić information content (AvgIpc) is 3.28. The number of likely N-dealkylation sites (N-methyl/N-ethyl adjacent to an activating group) is 1. The highest BCUT2D eigenvalue weighted by Crippen LogP contribution is 2.30. The first-order valence-electron chi connectivity index (χ1n) is 11.3. The maximum atomic E-state index is 4.67. The first kappa shape index (κ1) is 21.8. The molecule has 0 spiro atoms. The molecular weight excluding hydrogens is 424 g/mol. The van der Waals surface area contributed by atoms with Crippen molar-refractivity contribution >= 4 is 34.5 Å². The summed E-state index contributed by atoms with van der Waals surface area (Å²) in [6, 6.07) is 8.37. The summed E-state index contributed by atoms with van der Waals surface area (Å²) < 4.78 is 0. The molecule has 4 heterocycles. The van der Waals surface area contributed by atoms with E-state index < -0.39 is 0 Å². The van der Waals surface area contributed by atoms with Crippen LogP contribution < -0.4 is 5.32 Å². The van der Waals surface area contributed by atoms with Gasteiger partial charge in [0.05, 0.1) is 0 Å². The molecule has 8 nitrogen and oxygen atoms in total. The second kappa shape index (κ2) is 9.44. The van der Waals surface area contributed by atoms with Crippen LogP contribution in [0.4, 0.5) is 5.95 Å². The molecular formula is C26H28N8. The monoisotopic (exact) mass is 452 g/mol. The topological polar surface area (TPSA) is 85.3 Å². The van der Waals surface area contributed by atoms with E-state index in [1.165, 1.54) is 0 Å². The van der Waals surface area contributed by atoms with E-state index in [9.17, 15) is 0 Å². The number of aromatic amines is 1. The van der Waals surface area contributed by atoms with Crippen molar-refractivity contribution in [2.45, 2.75) is 6.92 Å². The van der Waals surface area contributed by atoms with Crippen molar-refractivity contribution in [3.05, 3.63) is 72.7 Å². The molecule has 4 aromatic rings. The molecule has 1 aliphatic heterocycles. The van der Waals surface area contributed by atoms with Crippen molar-refractivity contribution in [1.82, 2.24) is 29.7 Å². The van der Waals surface area contributed by atoms with Gasteiger partial charge < -0.3 is 20.1 Å². The molecule has 5 rings (SSSR count).